The SMILES string of the molecule is C[C@]1(N)CC[C@H](S(=O)(=O)N2[C@@H]3CC[C@H]2C[C@@H](NC(=O)c2cc(C4CC4)on2)C3)CC1. The van der Waals surface area contributed by atoms with E-state index >= 15 is 0 Å². The minimum absolute atomic E-state index is 0.0235. The molecule has 2 aliphatic carbocycles. The molecule has 3 heterocycles. The molecular weight excluding hydrogens is 404 g/mol. The Morgan fingerprint density at radius 3 is 2.40 bits per heavy atom. The van der Waals surface area contributed by atoms with Gasteiger partial charge in [-0.15, -0.1) is 0 Å². The largest absolute Gasteiger partial charge is 0.360 e. The van der Waals surface area contributed by atoms with E-state index in [1.165, 1.54) is 0 Å². The quantitative estimate of drug-likeness (QED) is 0.731. The molecule has 2 bridgehead atoms. The number of rotatable bonds is 5. The molecule has 1 amide bonds. The van der Waals surface area contributed by atoms with Crippen LogP contribution >= 0.6 is 0 Å². The van der Waals surface area contributed by atoms with Crippen molar-refractivity contribution in [2.24, 2.45) is 5.73 Å². The van der Waals surface area contributed by atoms with Gasteiger partial charge in [0.2, 0.25) is 10.0 Å². The number of nitrogens with one attached hydrogen (secondary N) is 1. The fourth-order valence-corrected chi connectivity index (χ4v) is 7.99. The first-order valence-corrected chi connectivity index (χ1v) is 12.8. The maximum Gasteiger partial charge on any atom is 0.273 e. The summed E-state index contributed by atoms with van der Waals surface area (Å²) < 4.78 is 33.9. The molecule has 4 aliphatic rings. The molecule has 0 unspecified atom stereocenters. The molecule has 9 heteroatoms. The second-order valence-corrected chi connectivity index (χ2v) is 12.3. The summed E-state index contributed by atoms with van der Waals surface area (Å²) in [5, 5.41) is 6.67. The lowest BCUT2D eigenvalue weighted by atomic mass is 9.84. The highest BCUT2D eigenvalue weighted by Gasteiger charge is 2.50. The number of carbonyl (C=O) groups excluding carboxylic acids is 1. The summed E-state index contributed by atoms with van der Waals surface area (Å²) in [5.41, 5.74) is 6.28. The molecular formula is C21H32N4O4S. The van der Waals surface area contributed by atoms with E-state index in [-0.39, 0.29) is 34.8 Å². The Labute approximate surface area is 178 Å². The summed E-state index contributed by atoms with van der Waals surface area (Å²) in [6.45, 7) is 2.01. The Hall–Kier alpha value is -1.45. The molecule has 3 atom stereocenters. The lowest BCUT2D eigenvalue weighted by Gasteiger charge is -2.42. The molecule has 5 rings (SSSR count). The average Bonchev–Trinajstić information content (AvgIpc) is 3.34. The van der Waals surface area contributed by atoms with E-state index in [0.717, 1.165) is 44.3 Å². The van der Waals surface area contributed by atoms with Crippen molar-refractivity contribution in [1.29, 1.82) is 0 Å². The first-order chi connectivity index (χ1) is 14.2. The molecule has 0 aromatic carbocycles. The van der Waals surface area contributed by atoms with Crippen LogP contribution in [0.25, 0.3) is 0 Å². The average molecular weight is 437 g/mol. The molecule has 4 fully saturated rings. The zero-order valence-electron chi connectivity index (χ0n) is 17.5. The number of hydrogen-bond donors (Lipinski definition) is 2. The first kappa shape index (κ1) is 20.5. The van der Waals surface area contributed by atoms with Crippen molar-refractivity contribution >= 4 is 15.9 Å². The van der Waals surface area contributed by atoms with Crippen LogP contribution in [0.4, 0.5) is 0 Å². The highest BCUT2D eigenvalue weighted by atomic mass is 32.2. The lowest BCUT2D eigenvalue weighted by molar-refractivity contribution is 0.0899. The highest BCUT2D eigenvalue weighted by molar-refractivity contribution is 7.89. The number of hydrogen-bond acceptors (Lipinski definition) is 6. The van der Waals surface area contributed by atoms with Crippen LogP contribution in [0.15, 0.2) is 10.6 Å². The molecule has 0 spiro atoms. The van der Waals surface area contributed by atoms with Gasteiger partial charge in [-0.05, 0) is 71.1 Å². The van der Waals surface area contributed by atoms with Crippen LogP contribution < -0.4 is 11.1 Å². The molecule has 30 heavy (non-hydrogen) atoms. The molecule has 3 N–H and O–H groups in total. The number of aromatic nitrogens is 1. The van der Waals surface area contributed by atoms with Crippen LogP contribution in [0.5, 0.6) is 0 Å². The second-order valence-electron chi connectivity index (χ2n) is 10.1. The Morgan fingerprint density at radius 2 is 1.80 bits per heavy atom. The maximum absolute atomic E-state index is 13.4. The smallest absolute Gasteiger partial charge is 0.273 e. The van der Waals surface area contributed by atoms with Crippen molar-refractivity contribution in [2.45, 2.75) is 106 Å². The zero-order valence-corrected chi connectivity index (χ0v) is 18.4. The summed E-state index contributed by atoms with van der Waals surface area (Å²) in [6.07, 6.45) is 8.03. The third kappa shape index (κ3) is 3.80. The molecule has 2 aliphatic heterocycles. The Morgan fingerprint density at radius 1 is 1.17 bits per heavy atom. The summed E-state index contributed by atoms with van der Waals surface area (Å²) in [6, 6.07) is 1.67. The van der Waals surface area contributed by atoms with Crippen molar-refractivity contribution < 1.29 is 17.7 Å². The molecule has 166 valence electrons. The number of sulfonamides is 1. The van der Waals surface area contributed by atoms with Crippen molar-refractivity contribution in [3.8, 4) is 0 Å². The normalized spacial score (nSPS) is 37.3. The zero-order chi connectivity index (χ0) is 21.1. The number of carbonyl (C=O) groups is 1. The van der Waals surface area contributed by atoms with E-state index in [1.807, 2.05) is 6.92 Å². The first-order valence-electron chi connectivity index (χ1n) is 11.3. The molecule has 1 aromatic rings. The topological polar surface area (TPSA) is 119 Å². The molecule has 8 nitrogen and oxygen atoms in total. The van der Waals surface area contributed by atoms with Gasteiger partial charge in [0.1, 0.15) is 5.76 Å². The second kappa shape index (κ2) is 7.31. The third-order valence-electron chi connectivity index (χ3n) is 7.53. The number of fused-ring (bicyclic) bond motifs is 2. The standard InChI is InChI=1S/C21H32N4O4S/c1-21(22)8-6-17(7-9-21)30(27,28)25-15-4-5-16(25)11-14(10-15)23-20(26)18-12-19(29-24-18)13-2-3-13/h12-17H,2-11,22H2,1H3,(H,23,26)/t14-,15+,16-,17-,21-. The minimum Gasteiger partial charge on any atom is -0.360 e. The van der Waals surface area contributed by atoms with E-state index in [9.17, 15) is 13.2 Å². The molecule has 2 saturated carbocycles. The van der Waals surface area contributed by atoms with Gasteiger partial charge in [-0.3, -0.25) is 4.79 Å². The molecule has 2 saturated heterocycles. The summed E-state index contributed by atoms with van der Waals surface area (Å²) >= 11 is 0. The predicted octanol–water partition coefficient (Wildman–Crippen LogP) is 2.27. The van der Waals surface area contributed by atoms with Gasteiger partial charge in [-0.25, -0.2) is 8.42 Å². The maximum atomic E-state index is 13.4. The number of nitrogens with two attached hydrogens (primary N) is 1. The van der Waals surface area contributed by atoms with Crippen LogP contribution in [0.3, 0.4) is 0 Å². The van der Waals surface area contributed by atoms with Gasteiger partial charge in [-0.2, -0.15) is 4.31 Å². The van der Waals surface area contributed by atoms with Gasteiger partial charge in [0, 0.05) is 35.6 Å². The van der Waals surface area contributed by atoms with Crippen molar-refractivity contribution in [3.05, 3.63) is 17.5 Å². The van der Waals surface area contributed by atoms with Gasteiger partial charge in [0.25, 0.3) is 5.91 Å². The van der Waals surface area contributed by atoms with Gasteiger partial charge in [0.05, 0.1) is 5.25 Å². The highest BCUT2D eigenvalue weighted by Crippen LogP contribution is 2.42. The fourth-order valence-electron chi connectivity index (χ4n) is 5.60. The van der Waals surface area contributed by atoms with Crippen LogP contribution in [0.1, 0.15) is 93.3 Å². The monoisotopic (exact) mass is 436 g/mol. The number of amides is 1. The minimum atomic E-state index is -3.34. The van der Waals surface area contributed by atoms with Crippen molar-refractivity contribution in [3.63, 3.8) is 0 Å². The van der Waals surface area contributed by atoms with E-state index < -0.39 is 10.0 Å². The Kier molecular flexibility index (Phi) is 4.98. The third-order valence-corrected chi connectivity index (χ3v) is 10.0. The van der Waals surface area contributed by atoms with E-state index in [4.69, 9.17) is 10.3 Å². The summed E-state index contributed by atoms with van der Waals surface area (Å²) in [4.78, 5) is 12.6. The van der Waals surface area contributed by atoms with Crippen LogP contribution in [0.2, 0.25) is 0 Å². The van der Waals surface area contributed by atoms with Gasteiger partial charge < -0.3 is 15.6 Å². The van der Waals surface area contributed by atoms with E-state index in [0.29, 0.717) is 37.3 Å². The van der Waals surface area contributed by atoms with Gasteiger partial charge >= 0.3 is 0 Å². The molecule has 0 radical (unpaired) electrons. The van der Waals surface area contributed by atoms with Crippen molar-refractivity contribution in [2.75, 3.05) is 0 Å². The van der Waals surface area contributed by atoms with Gasteiger partial charge in [0.15, 0.2) is 5.69 Å². The van der Waals surface area contributed by atoms with E-state index in [2.05, 4.69) is 10.5 Å². The lowest BCUT2D eigenvalue weighted by Crippen LogP contribution is -2.55. The van der Waals surface area contributed by atoms with Crippen LogP contribution in [-0.4, -0.2) is 52.7 Å². The summed E-state index contributed by atoms with van der Waals surface area (Å²) in [5.74, 6) is 0.989. The number of piperidine rings is 1. The van der Waals surface area contributed by atoms with Gasteiger partial charge in [-0.1, -0.05) is 5.16 Å². The van der Waals surface area contributed by atoms with Crippen molar-refractivity contribution in [1.82, 2.24) is 14.8 Å². The number of nitrogens with zero attached hydrogens (tertiary/aromatic N) is 2. The Bertz CT molecular complexity index is 899. The van der Waals surface area contributed by atoms with Crippen LogP contribution in [0, 0.1) is 0 Å². The van der Waals surface area contributed by atoms with E-state index in [1.54, 1.807) is 10.4 Å². The predicted molar refractivity (Wildman–Crippen MR) is 111 cm³/mol. The fraction of sp³-hybridized carbons (Fsp3) is 0.810. The Balaban J connectivity index is 1.23. The van der Waals surface area contributed by atoms with Crippen LogP contribution in [-0.2, 0) is 10.0 Å². The summed E-state index contributed by atoms with van der Waals surface area (Å²) in [7, 11) is -3.34. The molecule has 1 aromatic heterocycles.